The van der Waals surface area contributed by atoms with Gasteiger partial charge in [0.2, 0.25) is 5.88 Å². The molecule has 1 aliphatic heterocycles. The van der Waals surface area contributed by atoms with Crippen LogP contribution in [-0.4, -0.2) is 63.5 Å². The van der Waals surface area contributed by atoms with Gasteiger partial charge in [-0.05, 0) is 45.7 Å². The normalized spacial score (nSPS) is 13.9. The zero-order valence-electron chi connectivity index (χ0n) is 21.4. The van der Waals surface area contributed by atoms with Crippen LogP contribution in [0.1, 0.15) is 49.2 Å². The van der Waals surface area contributed by atoms with E-state index in [-0.39, 0.29) is 35.6 Å². The molecule has 37 heavy (non-hydrogen) atoms. The van der Waals surface area contributed by atoms with Crippen LogP contribution in [0.2, 0.25) is 5.15 Å². The third kappa shape index (κ3) is 5.70. The first-order valence-electron chi connectivity index (χ1n) is 11.7. The number of nitrogens with one attached hydrogen (secondary N) is 1. The molecule has 3 N–H and O–H groups in total. The number of nitrogen functional groups attached to an aromatic ring is 1. The van der Waals surface area contributed by atoms with Crippen molar-refractivity contribution in [2.24, 2.45) is 0 Å². The molecule has 0 unspecified atom stereocenters. The van der Waals surface area contributed by atoms with Crippen molar-refractivity contribution in [2.45, 2.75) is 52.4 Å². The second-order valence-electron chi connectivity index (χ2n) is 9.71. The molecule has 198 valence electrons. The molecule has 0 aromatic carbocycles. The second-order valence-corrected chi connectivity index (χ2v) is 10.1. The van der Waals surface area contributed by atoms with Crippen molar-refractivity contribution in [3.05, 3.63) is 40.3 Å². The topological polar surface area (TPSA) is 146 Å². The number of hydrogen-bond donors (Lipinski definition) is 2. The van der Waals surface area contributed by atoms with Crippen LogP contribution < -0.4 is 20.7 Å². The van der Waals surface area contributed by atoms with E-state index in [0.717, 1.165) is 5.56 Å². The van der Waals surface area contributed by atoms with E-state index < -0.39 is 17.6 Å². The van der Waals surface area contributed by atoms with Crippen LogP contribution in [0.4, 0.5) is 16.3 Å². The number of carbonyl (C=O) groups is 2. The van der Waals surface area contributed by atoms with Crippen LogP contribution in [0.5, 0.6) is 5.88 Å². The highest BCUT2D eigenvalue weighted by atomic mass is 35.5. The Morgan fingerprint density at radius 2 is 2.05 bits per heavy atom. The lowest BCUT2D eigenvalue weighted by Gasteiger charge is -2.24. The van der Waals surface area contributed by atoms with Gasteiger partial charge in [0.05, 0.1) is 32.2 Å². The van der Waals surface area contributed by atoms with E-state index in [4.69, 9.17) is 31.5 Å². The van der Waals surface area contributed by atoms with E-state index in [0.29, 0.717) is 35.9 Å². The lowest BCUT2D eigenvalue weighted by molar-refractivity contribution is 0.0582. The minimum atomic E-state index is -0.667. The summed E-state index contributed by atoms with van der Waals surface area (Å²) in [6.07, 6.45) is 3.00. The lowest BCUT2D eigenvalue weighted by Crippen LogP contribution is -2.36. The number of fused-ring (bicyclic) bond motifs is 3. The molecular formula is C24H30ClN7O5. The van der Waals surface area contributed by atoms with E-state index in [9.17, 15) is 9.59 Å². The average molecular weight is 532 g/mol. The summed E-state index contributed by atoms with van der Waals surface area (Å²) in [6, 6.07) is 1.40. The molecule has 1 atom stereocenters. The Kier molecular flexibility index (Phi) is 7.42. The van der Waals surface area contributed by atoms with Gasteiger partial charge in [-0.2, -0.15) is 9.61 Å². The quantitative estimate of drug-likeness (QED) is 0.439. The number of pyridine rings is 1. The van der Waals surface area contributed by atoms with E-state index in [1.165, 1.54) is 22.7 Å². The number of aromatic nitrogens is 4. The predicted molar refractivity (Wildman–Crippen MR) is 137 cm³/mol. The molecule has 2 amide bonds. The summed E-state index contributed by atoms with van der Waals surface area (Å²) in [4.78, 5) is 35.8. The first kappa shape index (κ1) is 26.4. The standard InChI is InChI=1S/C24H30ClN7O5/c1-13(11-36-12-14-8-17(26)21(35-5)27-9-14)29-20(33)16-10-28-32-19(16)30-18(25)15-6-7-31(22(15)32)23(34)37-24(2,3)4/h8-10,13H,6-7,11-12,26H2,1-5H3,(H,29,33)/t13-/m1/s1. The molecule has 0 saturated carbocycles. The van der Waals surface area contributed by atoms with E-state index in [1.54, 1.807) is 33.0 Å². The van der Waals surface area contributed by atoms with Crippen molar-refractivity contribution in [1.82, 2.24) is 24.9 Å². The van der Waals surface area contributed by atoms with Crippen molar-refractivity contribution >= 4 is 40.8 Å². The van der Waals surface area contributed by atoms with Crippen LogP contribution in [0, 0.1) is 0 Å². The predicted octanol–water partition coefficient (Wildman–Crippen LogP) is 3.00. The van der Waals surface area contributed by atoms with Gasteiger partial charge < -0.3 is 25.3 Å². The Hall–Kier alpha value is -3.64. The smallest absolute Gasteiger partial charge is 0.416 e. The number of nitrogens with zero attached hydrogens (tertiary/aromatic N) is 5. The molecule has 3 aromatic rings. The summed E-state index contributed by atoms with van der Waals surface area (Å²) in [5, 5.41) is 7.43. The molecule has 13 heteroatoms. The Labute approximate surface area is 219 Å². The van der Waals surface area contributed by atoms with Crippen molar-refractivity contribution < 1.29 is 23.8 Å². The number of rotatable bonds is 7. The van der Waals surface area contributed by atoms with Gasteiger partial charge in [-0.1, -0.05) is 11.6 Å². The minimum Gasteiger partial charge on any atom is -0.480 e. The minimum absolute atomic E-state index is 0.215. The lowest BCUT2D eigenvalue weighted by atomic mass is 10.2. The molecule has 1 aliphatic rings. The fraction of sp³-hybridized carbons (Fsp3) is 0.458. The third-order valence-corrected chi connectivity index (χ3v) is 5.82. The van der Waals surface area contributed by atoms with Crippen molar-refractivity contribution in [3.63, 3.8) is 0 Å². The van der Waals surface area contributed by atoms with Crippen molar-refractivity contribution in [1.29, 1.82) is 0 Å². The number of anilines is 2. The second kappa shape index (κ2) is 10.4. The number of methoxy groups -OCH3 is 1. The molecule has 4 rings (SSSR count). The number of carbonyl (C=O) groups excluding carboxylic acids is 2. The molecular weight excluding hydrogens is 502 g/mol. The largest absolute Gasteiger partial charge is 0.480 e. The number of nitrogens with two attached hydrogens (primary N) is 1. The van der Waals surface area contributed by atoms with Crippen molar-refractivity contribution in [3.8, 4) is 5.88 Å². The van der Waals surface area contributed by atoms with Crippen LogP contribution in [0.25, 0.3) is 5.65 Å². The van der Waals surface area contributed by atoms with Gasteiger partial charge in [0.15, 0.2) is 5.65 Å². The first-order valence-corrected chi connectivity index (χ1v) is 12.1. The summed E-state index contributed by atoms with van der Waals surface area (Å²) in [5.74, 6) is 0.408. The maximum absolute atomic E-state index is 13.0. The van der Waals surface area contributed by atoms with E-state index in [1.807, 2.05) is 6.92 Å². The Morgan fingerprint density at radius 1 is 1.30 bits per heavy atom. The molecule has 12 nitrogen and oxygen atoms in total. The fourth-order valence-corrected chi connectivity index (χ4v) is 4.18. The SMILES string of the molecule is COc1ncc(COC[C@@H](C)NC(=O)c2cnn3c4c(c(Cl)nc23)CCN4C(=O)OC(C)(C)C)cc1N. The summed E-state index contributed by atoms with van der Waals surface area (Å²) in [5.41, 5.74) is 7.54. The van der Waals surface area contributed by atoms with Gasteiger partial charge in [-0.3, -0.25) is 9.69 Å². The summed E-state index contributed by atoms with van der Waals surface area (Å²) in [6.45, 7) is 8.07. The van der Waals surface area contributed by atoms with Gasteiger partial charge in [-0.15, -0.1) is 0 Å². The summed E-state index contributed by atoms with van der Waals surface area (Å²) in [7, 11) is 1.50. The Bertz CT molecular complexity index is 1340. The molecule has 0 fully saturated rings. The summed E-state index contributed by atoms with van der Waals surface area (Å²) >= 11 is 6.44. The highest BCUT2D eigenvalue weighted by Crippen LogP contribution is 2.34. The number of hydrogen-bond acceptors (Lipinski definition) is 9. The van der Waals surface area contributed by atoms with Gasteiger partial charge >= 0.3 is 6.09 Å². The Morgan fingerprint density at radius 3 is 2.73 bits per heavy atom. The molecule has 0 aliphatic carbocycles. The molecule has 0 radical (unpaired) electrons. The third-order valence-electron chi connectivity index (χ3n) is 5.51. The number of halogens is 1. The highest BCUT2D eigenvalue weighted by Gasteiger charge is 2.34. The van der Waals surface area contributed by atoms with Crippen LogP contribution in [-0.2, 0) is 22.5 Å². The van der Waals surface area contributed by atoms with Crippen LogP contribution >= 0.6 is 11.6 Å². The fourth-order valence-electron chi connectivity index (χ4n) is 3.92. The first-order chi connectivity index (χ1) is 17.5. The zero-order valence-corrected chi connectivity index (χ0v) is 22.1. The molecule has 0 saturated heterocycles. The molecule has 0 spiro atoms. The monoisotopic (exact) mass is 531 g/mol. The zero-order chi connectivity index (χ0) is 26.9. The summed E-state index contributed by atoms with van der Waals surface area (Å²) < 4.78 is 17.7. The highest BCUT2D eigenvalue weighted by molar-refractivity contribution is 6.31. The van der Waals surface area contributed by atoms with Crippen LogP contribution in [0.3, 0.4) is 0 Å². The molecule has 4 heterocycles. The van der Waals surface area contributed by atoms with Gasteiger partial charge in [0.1, 0.15) is 22.1 Å². The molecule has 3 aromatic heterocycles. The van der Waals surface area contributed by atoms with Gasteiger partial charge in [0, 0.05) is 24.3 Å². The van der Waals surface area contributed by atoms with Gasteiger partial charge in [0.25, 0.3) is 5.91 Å². The number of ether oxygens (including phenoxy) is 3. The van der Waals surface area contributed by atoms with E-state index in [2.05, 4.69) is 20.4 Å². The van der Waals surface area contributed by atoms with Gasteiger partial charge in [-0.25, -0.2) is 14.8 Å². The maximum Gasteiger partial charge on any atom is 0.416 e. The average Bonchev–Trinajstić information content (AvgIpc) is 3.43. The Balaban J connectivity index is 1.45. The van der Waals surface area contributed by atoms with Crippen LogP contribution in [0.15, 0.2) is 18.5 Å². The maximum atomic E-state index is 13.0. The van der Waals surface area contributed by atoms with Crippen molar-refractivity contribution in [2.75, 3.05) is 30.9 Å². The molecule has 0 bridgehead atoms. The number of amides is 2. The van der Waals surface area contributed by atoms with E-state index >= 15 is 0 Å².